The molecule has 0 atom stereocenters. The lowest BCUT2D eigenvalue weighted by Crippen LogP contribution is -2.36. The second-order valence-corrected chi connectivity index (χ2v) is 7.89. The Kier molecular flexibility index (Phi) is 6.58. The van der Waals surface area contributed by atoms with Crippen molar-refractivity contribution in [3.8, 4) is 0 Å². The van der Waals surface area contributed by atoms with Crippen LogP contribution in [0.15, 0.2) is 58.4 Å². The van der Waals surface area contributed by atoms with Gasteiger partial charge >= 0.3 is 0 Å². The smallest absolute Gasteiger partial charge is 0.191 e. The first-order chi connectivity index (χ1) is 11.9. The number of nitrogens with one attached hydrogen (secondary N) is 2. The molecule has 0 saturated carbocycles. The maximum atomic E-state index is 11.7. The van der Waals surface area contributed by atoms with Gasteiger partial charge in [-0.15, -0.1) is 0 Å². The fraction of sp³-hybridized carbons (Fsp3) is 0.316. The summed E-state index contributed by atoms with van der Waals surface area (Å²) < 4.78 is 23.4. The lowest BCUT2D eigenvalue weighted by atomic mass is 10.1. The van der Waals surface area contributed by atoms with E-state index in [0.29, 0.717) is 18.0 Å². The van der Waals surface area contributed by atoms with Crippen LogP contribution in [0.4, 0.5) is 0 Å². The normalized spacial score (nSPS) is 12.0. The lowest BCUT2D eigenvalue weighted by Gasteiger charge is -2.12. The van der Waals surface area contributed by atoms with Gasteiger partial charge < -0.3 is 10.6 Å². The number of rotatable bonds is 6. The average Bonchev–Trinajstić information content (AvgIpc) is 2.57. The Labute approximate surface area is 150 Å². The van der Waals surface area contributed by atoms with E-state index in [0.717, 1.165) is 23.6 Å². The minimum atomic E-state index is -3.19. The summed E-state index contributed by atoms with van der Waals surface area (Å²) in [5, 5.41) is 6.52. The predicted molar refractivity (Wildman–Crippen MR) is 102 cm³/mol. The van der Waals surface area contributed by atoms with Crippen LogP contribution in [-0.4, -0.2) is 27.2 Å². The van der Waals surface area contributed by atoms with Gasteiger partial charge in [-0.2, -0.15) is 0 Å². The van der Waals surface area contributed by atoms with Crippen molar-refractivity contribution in [1.82, 2.24) is 10.6 Å². The SMILES string of the molecule is CCNC(=NCc1ccc(S(C)(=O)=O)c(C)c1)NCc1ccccc1. The van der Waals surface area contributed by atoms with Crippen molar-refractivity contribution in [2.75, 3.05) is 12.8 Å². The molecule has 0 aliphatic rings. The zero-order valence-corrected chi connectivity index (χ0v) is 15.7. The molecule has 0 fully saturated rings. The maximum absolute atomic E-state index is 11.7. The van der Waals surface area contributed by atoms with Crippen molar-refractivity contribution in [3.63, 3.8) is 0 Å². The molecular weight excluding hydrogens is 334 g/mol. The quantitative estimate of drug-likeness (QED) is 0.614. The molecule has 0 saturated heterocycles. The van der Waals surface area contributed by atoms with Gasteiger partial charge in [-0.25, -0.2) is 13.4 Å². The molecule has 0 aliphatic carbocycles. The van der Waals surface area contributed by atoms with Crippen LogP contribution in [0.1, 0.15) is 23.6 Å². The van der Waals surface area contributed by atoms with Gasteiger partial charge in [0.25, 0.3) is 0 Å². The van der Waals surface area contributed by atoms with Crippen LogP contribution in [0.5, 0.6) is 0 Å². The van der Waals surface area contributed by atoms with Gasteiger partial charge in [0.05, 0.1) is 11.4 Å². The van der Waals surface area contributed by atoms with Gasteiger partial charge in [0.2, 0.25) is 0 Å². The summed E-state index contributed by atoms with van der Waals surface area (Å²) in [7, 11) is -3.19. The van der Waals surface area contributed by atoms with E-state index in [-0.39, 0.29) is 0 Å². The fourth-order valence-electron chi connectivity index (χ4n) is 2.52. The van der Waals surface area contributed by atoms with E-state index in [1.165, 1.54) is 11.8 Å². The maximum Gasteiger partial charge on any atom is 0.191 e. The van der Waals surface area contributed by atoms with Crippen LogP contribution in [-0.2, 0) is 22.9 Å². The number of hydrogen-bond donors (Lipinski definition) is 2. The summed E-state index contributed by atoms with van der Waals surface area (Å²) in [4.78, 5) is 4.95. The number of aliphatic imine (C=N–C) groups is 1. The average molecular weight is 359 g/mol. The molecule has 5 nitrogen and oxygen atoms in total. The van der Waals surface area contributed by atoms with Crippen LogP contribution in [0.25, 0.3) is 0 Å². The van der Waals surface area contributed by atoms with Crippen LogP contribution in [0, 0.1) is 6.92 Å². The molecule has 134 valence electrons. The fourth-order valence-corrected chi connectivity index (χ4v) is 3.48. The van der Waals surface area contributed by atoms with Gasteiger partial charge in [-0.3, -0.25) is 0 Å². The van der Waals surface area contributed by atoms with Crippen LogP contribution in [0.3, 0.4) is 0 Å². The molecule has 2 N–H and O–H groups in total. The Morgan fingerprint density at radius 3 is 2.36 bits per heavy atom. The first-order valence-corrected chi connectivity index (χ1v) is 10.1. The Morgan fingerprint density at radius 1 is 1.04 bits per heavy atom. The molecule has 0 heterocycles. The van der Waals surface area contributed by atoms with Gasteiger partial charge in [0, 0.05) is 19.3 Å². The highest BCUT2D eigenvalue weighted by molar-refractivity contribution is 7.90. The van der Waals surface area contributed by atoms with Crippen molar-refractivity contribution >= 4 is 15.8 Å². The number of hydrogen-bond acceptors (Lipinski definition) is 3. The highest BCUT2D eigenvalue weighted by Gasteiger charge is 2.10. The van der Waals surface area contributed by atoms with Crippen molar-refractivity contribution < 1.29 is 8.42 Å². The summed E-state index contributed by atoms with van der Waals surface area (Å²) >= 11 is 0. The second kappa shape index (κ2) is 8.67. The van der Waals surface area contributed by atoms with Crippen molar-refractivity contribution in [1.29, 1.82) is 0 Å². The largest absolute Gasteiger partial charge is 0.357 e. The summed E-state index contributed by atoms with van der Waals surface area (Å²) in [5.74, 6) is 0.733. The Morgan fingerprint density at radius 2 is 1.76 bits per heavy atom. The molecule has 2 aromatic rings. The van der Waals surface area contributed by atoms with Gasteiger partial charge in [-0.05, 0) is 36.6 Å². The van der Waals surface area contributed by atoms with Crippen molar-refractivity contribution in [2.24, 2.45) is 4.99 Å². The summed E-state index contributed by atoms with van der Waals surface area (Å²) in [6.07, 6.45) is 1.23. The minimum absolute atomic E-state index is 0.370. The molecule has 0 spiro atoms. The Balaban J connectivity index is 2.06. The van der Waals surface area contributed by atoms with Crippen molar-refractivity contribution in [3.05, 3.63) is 65.2 Å². The number of aryl methyl sites for hydroxylation is 1. The van der Waals surface area contributed by atoms with Crippen LogP contribution >= 0.6 is 0 Å². The van der Waals surface area contributed by atoms with E-state index in [4.69, 9.17) is 0 Å². The molecule has 25 heavy (non-hydrogen) atoms. The minimum Gasteiger partial charge on any atom is -0.357 e. The molecule has 0 bridgehead atoms. The van der Waals surface area contributed by atoms with E-state index in [1.807, 2.05) is 44.2 Å². The van der Waals surface area contributed by atoms with E-state index >= 15 is 0 Å². The zero-order valence-electron chi connectivity index (χ0n) is 14.9. The van der Waals surface area contributed by atoms with E-state index < -0.39 is 9.84 Å². The van der Waals surface area contributed by atoms with E-state index in [9.17, 15) is 8.42 Å². The van der Waals surface area contributed by atoms with Crippen LogP contribution in [0.2, 0.25) is 0 Å². The first-order valence-electron chi connectivity index (χ1n) is 8.26. The van der Waals surface area contributed by atoms with Gasteiger partial charge in [-0.1, -0.05) is 42.5 Å². The molecule has 2 aromatic carbocycles. The third kappa shape index (κ3) is 5.90. The molecule has 0 aromatic heterocycles. The van der Waals surface area contributed by atoms with E-state index in [2.05, 4.69) is 27.8 Å². The molecule has 0 radical (unpaired) electrons. The first kappa shape index (κ1) is 19.0. The monoisotopic (exact) mass is 359 g/mol. The standard InChI is InChI=1S/C19H25N3O2S/c1-4-20-19(21-13-16-8-6-5-7-9-16)22-14-17-10-11-18(15(2)12-17)25(3,23)24/h5-12H,4,13-14H2,1-3H3,(H2,20,21,22). The van der Waals surface area contributed by atoms with E-state index in [1.54, 1.807) is 6.07 Å². The highest BCUT2D eigenvalue weighted by atomic mass is 32.2. The summed E-state index contributed by atoms with van der Waals surface area (Å²) in [6, 6.07) is 15.5. The summed E-state index contributed by atoms with van der Waals surface area (Å²) in [5.41, 5.74) is 2.90. The number of guanidine groups is 1. The third-order valence-corrected chi connectivity index (χ3v) is 4.96. The molecule has 0 unspecified atom stereocenters. The van der Waals surface area contributed by atoms with Crippen molar-refractivity contribution in [2.45, 2.75) is 31.8 Å². The number of benzene rings is 2. The van der Waals surface area contributed by atoms with Gasteiger partial charge in [0.15, 0.2) is 15.8 Å². The summed E-state index contributed by atoms with van der Waals surface area (Å²) in [6.45, 7) is 5.77. The number of sulfone groups is 1. The molecule has 0 aliphatic heterocycles. The predicted octanol–water partition coefficient (Wildman–Crippen LogP) is 2.65. The Hall–Kier alpha value is -2.34. The highest BCUT2D eigenvalue weighted by Crippen LogP contribution is 2.17. The zero-order chi connectivity index (χ0) is 18.3. The lowest BCUT2D eigenvalue weighted by molar-refractivity contribution is 0.601. The molecule has 6 heteroatoms. The number of nitrogens with zero attached hydrogens (tertiary/aromatic N) is 1. The Bertz CT molecular complexity index is 831. The molecule has 0 amide bonds. The van der Waals surface area contributed by atoms with Gasteiger partial charge in [0.1, 0.15) is 0 Å². The third-order valence-electron chi connectivity index (χ3n) is 3.71. The topological polar surface area (TPSA) is 70.6 Å². The second-order valence-electron chi connectivity index (χ2n) is 5.91. The molecule has 2 rings (SSSR count). The van der Waals surface area contributed by atoms with Crippen LogP contribution < -0.4 is 10.6 Å². The molecular formula is C19H25N3O2S.